The van der Waals surface area contributed by atoms with E-state index in [1.807, 2.05) is 18.4 Å². The maximum atomic E-state index is 12.9. The molecule has 1 aromatic carbocycles. The first-order chi connectivity index (χ1) is 13.1. The van der Waals surface area contributed by atoms with Crippen LogP contribution in [-0.2, 0) is 17.6 Å². The summed E-state index contributed by atoms with van der Waals surface area (Å²) < 4.78 is 10.6. The normalized spacial score (nSPS) is 13.0. The number of thiophene rings is 1. The highest BCUT2D eigenvalue weighted by molar-refractivity contribution is 7.98. The standard InChI is InChI=1S/C20H23NO4S2/c1-4-25-20(23)17-14-7-5-6-8-16(14)27-19(17)21-18(22)13-10-9-12(26-3)11-15(13)24-2/h9-11H,4-8H2,1-3H3,(H,21,22). The number of ether oxygens (including phenoxy) is 2. The van der Waals surface area contributed by atoms with E-state index in [0.29, 0.717) is 28.5 Å². The molecule has 0 aliphatic heterocycles. The molecule has 2 aromatic rings. The molecule has 144 valence electrons. The lowest BCUT2D eigenvalue weighted by molar-refractivity contribution is 0.0526. The number of amides is 1. The maximum Gasteiger partial charge on any atom is 0.341 e. The number of anilines is 1. The second-order valence-corrected chi connectivity index (χ2v) is 8.14. The van der Waals surface area contributed by atoms with Crippen molar-refractivity contribution in [1.82, 2.24) is 0 Å². The Kier molecular flexibility index (Phi) is 6.44. The topological polar surface area (TPSA) is 64.6 Å². The fourth-order valence-corrected chi connectivity index (χ4v) is 4.93. The van der Waals surface area contributed by atoms with E-state index in [9.17, 15) is 9.59 Å². The molecule has 5 nitrogen and oxygen atoms in total. The predicted octanol–water partition coefficient (Wildman–Crippen LogP) is 4.79. The molecule has 3 rings (SSSR count). The van der Waals surface area contributed by atoms with Gasteiger partial charge in [-0.15, -0.1) is 23.1 Å². The lowest BCUT2D eigenvalue weighted by atomic mass is 9.95. The summed E-state index contributed by atoms with van der Waals surface area (Å²) in [4.78, 5) is 27.6. The summed E-state index contributed by atoms with van der Waals surface area (Å²) in [6.07, 6.45) is 5.91. The van der Waals surface area contributed by atoms with Crippen molar-refractivity contribution >= 4 is 40.0 Å². The summed E-state index contributed by atoms with van der Waals surface area (Å²) in [5, 5.41) is 3.50. The van der Waals surface area contributed by atoms with Crippen LogP contribution in [0.3, 0.4) is 0 Å². The zero-order chi connectivity index (χ0) is 19.4. The van der Waals surface area contributed by atoms with Crippen molar-refractivity contribution in [1.29, 1.82) is 0 Å². The van der Waals surface area contributed by atoms with E-state index in [1.54, 1.807) is 31.9 Å². The highest BCUT2D eigenvalue weighted by Gasteiger charge is 2.28. The van der Waals surface area contributed by atoms with Gasteiger partial charge in [-0.25, -0.2) is 4.79 Å². The van der Waals surface area contributed by atoms with Crippen molar-refractivity contribution in [3.05, 3.63) is 39.8 Å². The maximum absolute atomic E-state index is 12.9. The van der Waals surface area contributed by atoms with Crippen LogP contribution < -0.4 is 10.1 Å². The van der Waals surface area contributed by atoms with Gasteiger partial charge in [0, 0.05) is 9.77 Å². The molecular formula is C20H23NO4S2. The number of hydrogen-bond donors (Lipinski definition) is 1. The number of aryl methyl sites for hydroxylation is 1. The van der Waals surface area contributed by atoms with E-state index in [0.717, 1.165) is 36.1 Å². The quantitative estimate of drug-likeness (QED) is 0.553. The first kappa shape index (κ1) is 19.8. The lowest BCUT2D eigenvalue weighted by Gasteiger charge is -2.13. The van der Waals surface area contributed by atoms with Gasteiger partial charge in [0.2, 0.25) is 0 Å². The molecule has 0 saturated heterocycles. The van der Waals surface area contributed by atoms with Gasteiger partial charge in [-0.05, 0) is 62.6 Å². The molecule has 1 N–H and O–H groups in total. The Balaban J connectivity index is 1.94. The Labute approximate surface area is 167 Å². The lowest BCUT2D eigenvalue weighted by Crippen LogP contribution is -2.16. The summed E-state index contributed by atoms with van der Waals surface area (Å²) in [5.74, 6) is -0.140. The van der Waals surface area contributed by atoms with E-state index >= 15 is 0 Å². The van der Waals surface area contributed by atoms with Gasteiger partial charge in [0.15, 0.2) is 0 Å². The van der Waals surface area contributed by atoms with Crippen LogP contribution in [0, 0.1) is 0 Å². The fraction of sp³-hybridized carbons (Fsp3) is 0.400. The van der Waals surface area contributed by atoms with Gasteiger partial charge in [-0.1, -0.05) is 0 Å². The van der Waals surface area contributed by atoms with Crippen LogP contribution in [0.15, 0.2) is 23.1 Å². The minimum absolute atomic E-state index is 0.288. The Morgan fingerprint density at radius 1 is 1.26 bits per heavy atom. The van der Waals surface area contributed by atoms with Crippen molar-refractivity contribution in [2.24, 2.45) is 0 Å². The molecule has 0 radical (unpaired) electrons. The van der Waals surface area contributed by atoms with Crippen LogP contribution in [0.1, 0.15) is 50.9 Å². The molecule has 0 fully saturated rings. The largest absolute Gasteiger partial charge is 0.496 e. The van der Waals surface area contributed by atoms with E-state index in [-0.39, 0.29) is 11.9 Å². The van der Waals surface area contributed by atoms with Crippen LogP contribution >= 0.6 is 23.1 Å². The number of carbonyl (C=O) groups excluding carboxylic acids is 2. The minimum Gasteiger partial charge on any atom is -0.496 e. The Morgan fingerprint density at radius 3 is 2.74 bits per heavy atom. The number of carbonyl (C=O) groups is 2. The molecule has 1 heterocycles. The molecule has 0 spiro atoms. The average molecular weight is 406 g/mol. The molecule has 1 aromatic heterocycles. The van der Waals surface area contributed by atoms with Crippen molar-refractivity contribution < 1.29 is 19.1 Å². The third-order valence-electron chi connectivity index (χ3n) is 4.53. The van der Waals surface area contributed by atoms with Gasteiger partial charge in [-0.2, -0.15) is 0 Å². The molecule has 0 saturated carbocycles. The summed E-state index contributed by atoms with van der Waals surface area (Å²) in [6.45, 7) is 2.09. The second-order valence-electron chi connectivity index (χ2n) is 6.16. The van der Waals surface area contributed by atoms with Crippen molar-refractivity contribution in [2.45, 2.75) is 37.5 Å². The SMILES string of the molecule is CCOC(=O)c1c(NC(=O)c2ccc(SC)cc2OC)sc2c1CCCC2. The summed E-state index contributed by atoms with van der Waals surface area (Å²) in [7, 11) is 1.55. The number of thioether (sulfide) groups is 1. The summed E-state index contributed by atoms with van der Waals surface area (Å²) >= 11 is 3.06. The van der Waals surface area contributed by atoms with Crippen molar-refractivity contribution in [3.8, 4) is 5.75 Å². The molecule has 1 aliphatic carbocycles. The monoisotopic (exact) mass is 405 g/mol. The van der Waals surface area contributed by atoms with Crippen LogP contribution in [0.25, 0.3) is 0 Å². The van der Waals surface area contributed by atoms with E-state index in [4.69, 9.17) is 9.47 Å². The first-order valence-electron chi connectivity index (χ1n) is 8.94. The number of nitrogens with one attached hydrogen (secondary N) is 1. The second kappa shape index (κ2) is 8.80. The first-order valence-corrected chi connectivity index (χ1v) is 11.0. The number of methoxy groups -OCH3 is 1. The minimum atomic E-state index is -0.364. The number of esters is 1. The predicted molar refractivity (Wildman–Crippen MR) is 110 cm³/mol. The average Bonchev–Trinajstić information content (AvgIpc) is 3.05. The van der Waals surface area contributed by atoms with Gasteiger partial charge >= 0.3 is 5.97 Å². The third kappa shape index (κ3) is 4.14. The molecule has 1 aliphatic rings. The van der Waals surface area contributed by atoms with Crippen LogP contribution in [-0.4, -0.2) is 31.8 Å². The van der Waals surface area contributed by atoms with Crippen LogP contribution in [0.2, 0.25) is 0 Å². The van der Waals surface area contributed by atoms with Gasteiger partial charge < -0.3 is 14.8 Å². The van der Waals surface area contributed by atoms with E-state index in [1.165, 1.54) is 16.2 Å². The molecule has 27 heavy (non-hydrogen) atoms. The van der Waals surface area contributed by atoms with Gasteiger partial charge in [0.1, 0.15) is 10.8 Å². The number of rotatable bonds is 6. The number of fused-ring (bicyclic) bond motifs is 1. The van der Waals surface area contributed by atoms with Crippen molar-refractivity contribution in [2.75, 3.05) is 25.3 Å². The molecule has 0 bridgehead atoms. The van der Waals surface area contributed by atoms with Gasteiger partial charge in [0.25, 0.3) is 5.91 Å². The number of benzene rings is 1. The molecular weight excluding hydrogens is 382 g/mol. The van der Waals surface area contributed by atoms with Gasteiger partial charge in [0.05, 0.1) is 24.8 Å². The zero-order valence-electron chi connectivity index (χ0n) is 15.7. The van der Waals surface area contributed by atoms with Gasteiger partial charge in [-0.3, -0.25) is 4.79 Å². The van der Waals surface area contributed by atoms with Crippen LogP contribution in [0.5, 0.6) is 5.75 Å². The van der Waals surface area contributed by atoms with E-state index in [2.05, 4.69) is 5.32 Å². The highest BCUT2D eigenvalue weighted by Crippen LogP contribution is 2.39. The fourth-order valence-electron chi connectivity index (χ4n) is 3.23. The Bertz CT molecular complexity index is 860. The van der Waals surface area contributed by atoms with Crippen molar-refractivity contribution in [3.63, 3.8) is 0 Å². The Morgan fingerprint density at radius 2 is 2.04 bits per heavy atom. The number of hydrogen-bond acceptors (Lipinski definition) is 6. The Hall–Kier alpha value is -1.99. The molecule has 7 heteroatoms. The summed E-state index contributed by atoms with van der Waals surface area (Å²) in [6, 6.07) is 5.47. The molecule has 0 atom stereocenters. The molecule has 1 amide bonds. The smallest absolute Gasteiger partial charge is 0.341 e. The zero-order valence-corrected chi connectivity index (χ0v) is 17.4. The highest BCUT2D eigenvalue weighted by atomic mass is 32.2. The third-order valence-corrected chi connectivity index (χ3v) is 6.46. The summed E-state index contributed by atoms with van der Waals surface area (Å²) in [5.41, 5.74) is 1.99. The van der Waals surface area contributed by atoms with E-state index < -0.39 is 0 Å². The molecule has 0 unspecified atom stereocenters. The van der Waals surface area contributed by atoms with Crippen LogP contribution in [0.4, 0.5) is 5.00 Å².